The minimum absolute atomic E-state index is 0.0977. The summed E-state index contributed by atoms with van der Waals surface area (Å²) in [6.45, 7) is 2.81. The lowest BCUT2D eigenvalue weighted by Gasteiger charge is -2.40. The first-order valence-electron chi connectivity index (χ1n) is 5.78. The summed E-state index contributed by atoms with van der Waals surface area (Å²) in [7, 11) is 0. The van der Waals surface area contributed by atoms with Gasteiger partial charge in [0.2, 0.25) is 5.91 Å². The number of nitrogens with two attached hydrogens (primary N) is 1. The summed E-state index contributed by atoms with van der Waals surface area (Å²) >= 11 is 0. The molecule has 0 aliphatic carbocycles. The SMILES string of the molecule is CC(CCc1ccccc1)N1CC(N)C1=O. The van der Waals surface area contributed by atoms with Gasteiger partial charge in [-0.3, -0.25) is 4.79 Å². The molecule has 2 N–H and O–H groups in total. The lowest BCUT2D eigenvalue weighted by atomic mass is 10.0. The summed E-state index contributed by atoms with van der Waals surface area (Å²) in [4.78, 5) is 13.3. The van der Waals surface area contributed by atoms with Crippen LogP contribution in [0.2, 0.25) is 0 Å². The van der Waals surface area contributed by atoms with Gasteiger partial charge < -0.3 is 10.6 Å². The Labute approximate surface area is 96.2 Å². The highest BCUT2D eigenvalue weighted by Crippen LogP contribution is 2.16. The number of hydrogen-bond acceptors (Lipinski definition) is 2. The van der Waals surface area contributed by atoms with Crippen molar-refractivity contribution < 1.29 is 4.79 Å². The fourth-order valence-electron chi connectivity index (χ4n) is 2.05. The number of amides is 1. The Morgan fingerprint density at radius 2 is 2.12 bits per heavy atom. The fourth-order valence-corrected chi connectivity index (χ4v) is 2.05. The predicted molar refractivity (Wildman–Crippen MR) is 63.9 cm³/mol. The number of nitrogens with zero attached hydrogens (tertiary/aromatic N) is 1. The molecule has 1 aliphatic rings. The predicted octanol–water partition coefficient (Wildman–Crippen LogP) is 1.18. The normalized spacial score (nSPS) is 21.8. The molecule has 16 heavy (non-hydrogen) atoms. The molecule has 86 valence electrons. The molecule has 1 fully saturated rings. The zero-order valence-electron chi connectivity index (χ0n) is 9.60. The van der Waals surface area contributed by atoms with Crippen LogP contribution in [0, 0.1) is 0 Å². The maximum atomic E-state index is 11.4. The van der Waals surface area contributed by atoms with Crippen LogP contribution in [0.5, 0.6) is 0 Å². The van der Waals surface area contributed by atoms with Gasteiger partial charge in [0.15, 0.2) is 0 Å². The van der Waals surface area contributed by atoms with Crippen molar-refractivity contribution in [2.45, 2.75) is 31.8 Å². The number of β-lactam (4-membered cyclic amide) rings is 1. The minimum atomic E-state index is -0.251. The van der Waals surface area contributed by atoms with Crippen molar-refractivity contribution in [2.24, 2.45) is 5.73 Å². The number of carbonyl (C=O) groups is 1. The lowest BCUT2D eigenvalue weighted by molar-refractivity contribution is -0.145. The maximum absolute atomic E-state index is 11.4. The molecule has 1 aromatic carbocycles. The molecule has 1 aromatic rings. The molecular formula is C13H18N2O. The number of benzene rings is 1. The van der Waals surface area contributed by atoms with Gasteiger partial charge in [-0.1, -0.05) is 30.3 Å². The molecule has 2 atom stereocenters. The van der Waals surface area contributed by atoms with Gasteiger partial charge in [-0.15, -0.1) is 0 Å². The van der Waals surface area contributed by atoms with Gasteiger partial charge in [0.25, 0.3) is 0 Å². The van der Waals surface area contributed by atoms with Crippen molar-refractivity contribution in [2.75, 3.05) is 6.54 Å². The van der Waals surface area contributed by atoms with Crippen LogP contribution in [0.1, 0.15) is 18.9 Å². The lowest BCUT2D eigenvalue weighted by Crippen LogP contribution is -2.63. The van der Waals surface area contributed by atoms with Crippen molar-refractivity contribution in [1.29, 1.82) is 0 Å². The van der Waals surface area contributed by atoms with E-state index >= 15 is 0 Å². The highest BCUT2D eigenvalue weighted by molar-refractivity contribution is 5.87. The molecule has 0 bridgehead atoms. The number of aryl methyl sites for hydroxylation is 1. The third kappa shape index (κ3) is 2.25. The van der Waals surface area contributed by atoms with Crippen molar-refractivity contribution >= 4 is 5.91 Å². The van der Waals surface area contributed by atoms with E-state index < -0.39 is 0 Å². The van der Waals surface area contributed by atoms with Gasteiger partial charge in [0.1, 0.15) is 6.04 Å². The largest absolute Gasteiger partial charge is 0.336 e. The topological polar surface area (TPSA) is 46.3 Å². The van der Waals surface area contributed by atoms with E-state index in [9.17, 15) is 4.79 Å². The van der Waals surface area contributed by atoms with E-state index in [1.165, 1.54) is 5.56 Å². The van der Waals surface area contributed by atoms with Gasteiger partial charge in [-0.05, 0) is 25.3 Å². The smallest absolute Gasteiger partial charge is 0.241 e. The number of hydrogen-bond donors (Lipinski definition) is 1. The van der Waals surface area contributed by atoms with E-state index in [0.717, 1.165) is 19.4 Å². The fraction of sp³-hybridized carbons (Fsp3) is 0.462. The summed E-state index contributed by atoms with van der Waals surface area (Å²) < 4.78 is 0. The Balaban J connectivity index is 1.81. The Hall–Kier alpha value is -1.35. The van der Waals surface area contributed by atoms with Crippen LogP contribution >= 0.6 is 0 Å². The second kappa shape index (κ2) is 4.66. The molecule has 0 radical (unpaired) electrons. The van der Waals surface area contributed by atoms with Crippen LogP contribution in [-0.4, -0.2) is 29.4 Å². The first-order chi connectivity index (χ1) is 7.68. The second-order valence-corrected chi connectivity index (χ2v) is 4.47. The van der Waals surface area contributed by atoms with E-state index in [1.807, 2.05) is 23.1 Å². The number of carbonyl (C=O) groups excluding carboxylic acids is 1. The zero-order valence-corrected chi connectivity index (χ0v) is 9.60. The van der Waals surface area contributed by atoms with Crippen LogP contribution in [0.4, 0.5) is 0 Å². The average Bonchev–Trinajstić information content (AvgIpc) is 2.33. The quantitative estimate of drug-likeness (QED) is 0.771. The molecule has 0 saturated carbocycles. The molecule has 0 spiro atoms. The first kappa shape index (κ1) is 11.1. The van der Waals surface area contributed by atoms with Gasteiger partial charge in [-0.25, -0.2) is 0 Å². The molecule has 1 saturated heterocycles. The van der Waals surface area contributed by atoms with Crippen LogP contribution in [0.25, 0.3) is 0 Å². The Morgan fingerprint density at radius 3 is 2.69 bits per heavy atom. The third-order valence-corrected chi connectivity index (χ3v) is 3.22. The van der Waals surface area contributed by atoms with Crippen molar-refractivity contribution in [1.82, 2.24) is 4.90 Å². The average molecular weight is 218 g/mol. The zero-order chi connectivity index (χ0) is 11.5. The molecule has 2 unspecified atom stereocenters. The van der Waals surface area contributed by atoms with Crippen LogP contribution in [0.15, 0.2) is 30.3 Å². The van der Waals surface area contributed by atoms with Gasteiger partial charge in [0, 0.05) is 12.6 Å². The van der Waals surface area contributed by atoms with E-state index in [0.29, 0.717) is 6.04 Å². The summed E-state index contributed by atoms with van der Waals surface area (Å²) in [5.74, 6) is 0.0977. The highest BCUT2D eigenvalue weighted by atomic mass is 16.2. The summed E-state index contributed by atoms with van der Waals surface area (Å²) in [5.41, 5.74) is 6.89. The molecule has 1 amide bonds. The van der Waals surface area contributed by atoms with Crippen LogP contribution in [-0.2, 0) is 11.2 Å². The van der Waals surface area contributed by atoms with Gasteiger partial charge >= 0.3 is 0 Å². The monoisotopic (exact) mass is 218 g/mol. The third-order valence-electron chi connectivity index (χ3n) is 3.22. The van der Waals surface area contributed by atoms with Crippen molar-refractivity contribution in [3.05, 3.63) is 35.9 Å². The summed E-state index contributed by atoms with van der Waals surface area (Å²) in [6, 6.07) is 10.4. The Morgan fingerprint density at radius 1 is 1.44 bits per heavy atom. The van der Waals surface area contributed by atoms with Crippen LogP contribution < -0.4 is 5.73 Å². The Bertz CT molecular complexity index is 363. The standard InChI is InChI=1S/C13H18N2O/c1-10(15-9-12(14)13(15)16)7-8-11-5-3-2-4-6-11/h2-6,10,12H,7-9,14H2,1H3. The van der Waals surface area contributed by atoms with E-state index in [4.69, 9.17) is 5.73 Å². The summed E-state index contributed by atoms with van der Waals surface area (Å²) in [6.07, 6.45) is 2.02. The van der Waals surface area contributed by atoms with Crippen molar-refractivity contribution in [3.8, 4) is 0 Å². The Kier molecular flexibility index (Phi) is 3.25. The van der Waals surface area contributed by atoms with E-state index in [-0.39, 0.29) is 11.9 Å². The molecular weight excluding hydrogens is 200 g/mol. The van der Waals surface area contributed by atoms with Gasteiger partial charge in [-0.2, -0.15) is 0 Å². The summed E-state index contributed by atoms with van der Waals surface area (Å²) in [5, 5.41) is 0. The minimum Gasteiger partial charge on any atom is -0.336 e. The molecule has 3 heteroatoms. The first-order valence-corrected chi connectivity index (χ1v) is 5.78. The van der Waals surface area contributed by atoms with Crippen LogP contribution in [0.3, 0.4) is 0 Å². The van der Waals surface area contributed by atoms with Crippen molar-refractivity contribution in [3.63, 3.8) is 0 Å². The molecule has 1 aliphatic heterocycles. The number of likely N-dealkylation sites (tertiary alicyclic amines) is 1. The molecule has 0 aromatic heterocycles. The number of rotatable bonds is 4. The molecule has 3 nitrogen and oxygen atoms in total. The van der Waals surface area contributed by atoms with E-state index in [1.54, 1.807) is 0 Å². The molecule has 2 rings (SSSR count). The van der Waals surface area contributed by atoms with Gasteiger partial charge in [0.05, 0.1) is 0 Å². The highest BCUT2D eigenvalue weighted by Gasteiger charge is 2.36. The second-order valence-electron chi connectivity index (χ2n) is 4.47. The van der Waals surface area contributed by atoms with E-state index in [2.05, 4.69) is 19.1 Å². The molecule has 1 heterocycles. The maximum Gasteiger partial charge on any atom is 0.241 e.